The molecule has 2 heteroatoms. The van der Waals surface area contributed by atoms with Crippen LogP contribution in [0.2, 0.25) is 0 Å². The first kappa shape index (κ1) is 14.3. The number of fused-ring (bicyclic) bond motifs is 1. The van der Waals surface area contributed by atoms with Gasteiger partial charge in [0.15, 0.2) is 0 Å². The standard InChI is InChI=1S/C19H24N2/c1-2-14-10-12-16(13-11-14)19(21-20)18-9-5-7-15-6-3-4-8-17(15)18/h3-4,6,8,10-13,18-19,21H,2,5,7,9,20H2,1H3. The van der Waals surface area contributed by atoms with Gasteiger partial charge >= 0.3 is 0 Å². The van der Waals surface area contributed by atoms with Gasteiger partial charge in [0.1, 0.15) is 0 Å². The van der Waals surface area contributed by atoms with Gasteiger partial charge in [0, 0.05) is 5.92 Å². The van der Waals surface area contributed by atoms with Crippen LogP contribution in [-0.2, 0) is 12.8 Å². The van der Waals surface area contributed by atoms with E-state index >= 15 is 0 Å². The van der Waals surface area contributed by atoms with Crippen LogP contribution >= 0.6 is 0 Å². The number of hydrazine groups is 1. The number of nitrogens with two attached hydrogens (primary N) is 1. The number of hydrogen-bond acceptors (Lipinski definition) is 2. The van der Waals surface area contributed by atoms with Crippen LogP contribution in [0.5, 0.6) is 0 Å². The molecule has 0 bridgehead atoms. The Bertz CT molecular complexity index is 589. The van der Waals surface area contributed by atoms with Crippen molar-refractivity contribution in [3.63, 3.8) is 0 Å². The average Bonchev–Trinajstić information content (AvgIpc) is 2.56. The average molecular weight is 280 g/mol. The second-order valence-electron chi connectivity index (χ2n) is 5.94. The monoisotopic (exact) mass is 280 g/mol. The van der Waals surface area contributed by atoms with Crippen molar-refractivity contribution in [1.29, 1.82) is 0 Å². The lowest BCUT2D eigenvalue weighted by molar-refractivity contribution is 0.408. The molecule has 2 atom stereocenters. The number of hydrogen-bond donors (Lipinski definition) is 2. The minimum absolute atomic E-state index is 0.192. The van der Waals surface area contributed by atoms with E-state index in [1.165, 1.54) is 41.5 Å². The van der Waals surface area contributed by atoms with E-state index in [0.29, 0.717) is 5.92 Å². The number of benzene rings is 2. The lowest BCUT2D eigenvalue weighted by Gasteiger charge is -2.32. The van der Waals surface area contributed by atoms with Gasteiger partial charge in [0.05, 0.1) is 6.04 Å². The highest BCUT2D eigenvalue weighted by Gasteiger charge is 2.28. The van der Waals surface area contributed by atoms with Crippen LogP contribution in [0.1, 0.15) is 54.0 Å². The van der Waals surface area contributed by atoms with Gasteiger partial charge in [-0.05, 0) is 47.9 Å². The van der Waals surface area contributed by atoms with Gasteiger partial charge in [-0.25, -0.2) is 0 Å². The van der Waals surface area contributed by atoms with Crippen molar-refractivity contribution in [2.45, 2.75) is 44.6 Å². The van der Waals surface area contributed by atoms with Crippen LogP contribution in [0.3, 0.4) is 0 Å². The van der Waals surface area contributed by atoms with Gasteiger partial charge in [-0.2, -0.15) is 0 Å². The zero-order chi connectivity index (χ0) is 14.7. The third-order valence-corrected chi connectivity index (χ3v) is 4.74. The summed E-state index contributed by atoms with van der Waals surface area (Å²) in [4.78, 5) is 0. The molecule has 1 aliphatic carbocycles. The van der Waals surface area contributed by atoms with Crippen molar-refractivity contribution < 1.29 is 0 Å². The molecule has 0 spiro atoms. The molecule has 3 N–H and O–H groups in total. The summed E-state index contributed by atoms with van der Waals surface area (Å²) in [6.45, 7) is 2.19. The first-order valence-electron chi connectivity index (χ1n) is 7.96. The van der Waals surface area contributed by atoms with Crippen LogP contribution < -0.4 is 11.3 Å². The summed E-state index contributed by atoms with van der Waals surface area (Å²) in [6.07, 6.45) is 4.71. The van der Waals surface area contributed by atoms with Crippen LogP contribution in [0.4, 0.5) is 0 Å². The van der Waals surface area contributed by atoms with E-state index in [1.54, 1.807) is 0 Å². The summed E-state index contributed by atoms with van der Waals surface area (Å²) < 4.78 is 0. The fourth-order valence-electron chi connectivity index (χ4n) is 3.54. The summed E-state index contributed by atoms with van der Waals surface area (Å²) in [7, 11) is 0. The first-order chi connectivity index (χ1) is 10.3. The topological polar surface area (TPSA) is 38.0 Å². The third-order valence-electron chi connectivity index (χ3n) is 4.74. The number of rotatable bonds is 4. The lowest BCUT2D eigenvalue weighted by Crippen LogP contribution is -2.34. The summed E-state index contributed by atoms with van der Waals surface area (Å²) in [6, 6.07) is 17.9. The minimum Gasteiger partial charge on any atom is -0.271 e. The van der Waals surface area contributed by atoms with Gasteiger partial charge in [-0.1, -0.05) is 55.5 Å². The van der Waals surface area contributed by atoms with Crippen LogP contribution in [0.15, 0.2) is 48.5 Å². The third kappa shape index (κ3) is 2.87. The normalized spacial score (nSPS) is 19.0. The zero-order valence-electron chi connectivity index (χ0n) is 12.7. The van der Waals surface area contributed by atoms with E-state index in [0.717, 1.165) is 6.42 Å². The van der Waals surface area contributed by atoms with Crippen molar-refractivity contribution in [1.82, 2.24) is 5.43 Å². The van der Waals surface area contributed by atoms with Crippen molar-refractivity contribution in [3.05, 3.63) is 70.8 Å². The molecule has 0 heterocycles. The quantitative estimate of drug-likeness (QED) is 0.659. The molecule has 2 unspecified atom stereocenters. The molecule has 2 aromatic carbocycles. The zero-order valence-corrected chi connectivity index (χ0v) is 12.7. The van der Waals surface area contributed by atoms with Crippen LogP contribution in [-0.4, -0.2) is 0 Å². The molecule has 0 amide bonds. The fourth-order valence-corrected chi connectivity index (χ4v) is 3.54. The molecule has 0 aliphatic heterocycles. The summed E-state index contributed by atoms with van der Waals surface area (Å²) in [5.74, 6) is 6.38. The highest BCUT2D eigenvalue weighted by molar-refractivity contribution is 5.36. The van der Waals surface area contributed by atoms with Gasteiger partial charge in [-0.15, -0.1) is 0 Å². The van der Waals surface area contributed by atoms with Crippen LogP contribution in [0.25, 0.3) is 0 Å². The highest BCUT2D eigenvalue weighted by Crippen LogP contribution is 2.39. The maximum Gasteiger partial charge on any atom is 0.0528 e. The SMILES string of the molecule is CCc1ccc(C(NN)C2CCCc3ccccc32)cc1. The van der Waals surface area contributed by atoms with E-state index in [-0.39, 0.29) is 6.04 Å². The Morgan fingerprint density at radius 1 is 1.14 bits per heavy atom. The molecular formula is C19H24N2. The molecule has 3 rings (SSSR count). The Kier molecular flexibility index (Phi) is 4.37. The molecule has 1 aliphatic rings. The molecular weight excluding hydrogens is 256 g/mol. The lowest BCUT2D eigenvalue weighted by atomic mass is 9.77. The predicted molar refractivity (Wildman–Crippen MR) is 88.0 cm³/mol. The van der Waals surface area contributed by atoms with E-state index < -0.39 is 0 Å². The van der Waals surface area contributed by atoms with Gasteiger partial charge < -0.3 is 0 Å². The van der Waals surface area contributed by atoms with Crippen LogP contribution in [0, 0.1) is 0 Å². The Hall–Kier alpha value is -1.64. The Balaban J connectivity index is 1.93. The Labute approximate surface area is 127 Å². The van der Waals surface area contributed by atoms with Gasteiger partial charge in [0.25, 0.3) is 0 Å². The molecule has 0 radical (unpaired) electrons. The van der Waals surface area contributed by atoms with E-state index in [2.05, 4.69) is 60.9 Å². The molecule has 0 saturated heterocycles. The van der Waals surface area contributed by atoms with Gasteiger partial charge in [0.2, 0.25) is 0 Å². The van der Waals surface area contributed by atoms with E-state index in [9.17, 15) is 0 Å². The van der Waals surface area contributed by atoms with E-state index in [4.69, 9.17) is 5.84 Å². The Morgan fingerprint density at radius 2 is 1.90 bits per heavy atom. The molecule has 2 nitrogen and oxygen atoms in total. The number of aryl methyl sites for hydroxylation is 2. The minimum atomic E-state index is 0.192. The first-order valence-corrected chi connectivity index (χ1v) is 7.96. The summed E-state index contributed by atoms with van der Waals surface area (Å²) >= 11 is 0. The van der Waals surface area contributed by atoms with Gasteiger partial charge in [-0.3, -0.25) is 11.3 Å². The smallest absolute Gasteiger partial charge is 0.0528 e. The number of nitrogens with one attached hydrogen (secondary N) is 1. The molecule has 21 heavy (non-hydrogen) atoms. The van der Waals surface area contributed by atoms with Crippen molar-refractivity contribution >= 4 is 0 Å². The van der Waals surface area contributed by atoms with Crippen molar-refractivity contribution in [2.24, 2.45) is 5.84 Å². The molecule has 0 aromatic heterocycles. The van der Waals surface area contributed by atoms with Crippen molar-refractivity contribution in [3.8, 4) is 0 Å². The second-order valence-corrected chi connectivity index (χ2v) is 5.94. The van der Waals surface area contributed by atoms with Crippen molar-refractivity contribution in [2.75, 3.05) is 0 Å². The molecule has 0 fully saturated rings. The summed E-state index contributed by atoms with van der Waals surface area (Å²) in [5, 5.41) is 0. The van der Waals surface area contributed by atoms with E-state index in [1.807, 2.05) is 0 Å². The predicted octanol–water partition coefficient (Wildman–Crippen LogP) is 3.87. The molecule has 2 aromatic rings. The fraction of sp³-hybridized carbons (Fsp3) is 0.368. The second kappa shape index (κ2) is 6.42. The highest BCUT2D eigenvalue weighted by atomic mass is 15.2. The molecule has 0 saturated carbocycles. The maximum absolute atomic E-state index is 5.91. The summed E-state index contributed by atoms with van der Waals surface area (Å²) in [5.41, 5.74) is 8.68. The maximum atomic E-state index is 5.91. The Morgan fingerprint density at radius 3 is 2.62 bits per heavy atom. The largest absolute Gasteiger partial charge is 0.271 e. The molecule has 110 valence electrons.